The van der Waals surface area contributed by atoms with Crippen LogP contribution in [0.15, 0.2) is 45.3 Å². The van der Waals surface area contributed by atoms with Gasteiger partial charge < -0.3 is 15.5 Å². The summed E-state index contributed by atoms with van der Waals surface area (Å²) >= 11 is 20.4. The minimum absolute atomic E-state index is 0.0954. The molecule has 0 aliphatic rings. The summed E-state index contributed by atoms with van der Waals surface area (Å²) in [6.07, 6.45) is 5.70. The summed E-state index contributed by atoms with van der Waals surface area (Å²) in [5, 5.41) is 21.0. The minimum Gasteiger partial charge on any atom is -0.395 e. The summed E-state index contributed by atoms with van der Waals surface area (Å²) in [7, 11) is 0. The van der Waals surface area contributed by atoms with Crippen LogP contribution in [0.5, 0.6) is 0 Å². The normalized spacial score (nSPS) is 8.75. The van der Waals surface area contributed by atoms with Gasteiger partial charge in [-0.1, -0.05) is 48.9 Å². The molecule has 0 aliphatic carbocycles. The maximum Gasteiger partial charge on any atom is 0.0540 e. The zero-order valence-electron chi connectivity index (χ0n) is 18.1. The number of hydrogen-bond acceptors (Lipinski definition) is 3. The Labute approximate surface area is 233 Å². The quantitative estimate of drug-likeness (QED) is 0.179. The minimum atomic E-state index is 0.0954. The molecule has 8 heteroatoms. The topological polar surface area (TPSA) is 52.5 Å². The van der Waals surface area contributed by atoms with Crippen LogP contribution in [0.3, 0.4) is 0 Å². The zero-order chi connectivity index (χ0) is 24.8. The van der Waals surface area contributed by atoms with E-state index in [0.717, 1.165) is 32.6 Å². The Hall–Kier alpha value is -0.290. The molecule has 2 rings (SSSR count). The van der Waals surface area contributed by atoms with Crippen molar-refractivity contribution >= 4 is 77.7 Å². The van der Waals surface area contributed by atoms with E-state index in [9.17, 15) is 0 Å². The lowest BCUT2D eigenvalue weighted by Crippen LogP contribution is -2.09. The Balaban J connectivity index is 0. The number of nitrogens with one attached hydrogen (secondary N) is 1. The number of terminal acetylenes is 1. The van der Waals surface area contributed by atoms with Crippen molar-refractivity contribution < 1.29 is 10.2 Å². The smallest absolute Gasteiger partial charge is 0.0540 e. The van der Waals surface area contributed by atoms with Crippen LogP contribution in [0.4, 0.5) is 0 Å². The van der Waals surface area contributed by atoms with Gasteiger partial charge in [-0.15, -0.1) is 12.3 Å². The Morgan fingerprint density at radius 1 is 0.938 bits per heavy atom. The lowest BCUT2D eigenvalue weighted by molar-refractivity contribution is 0.304. The average Bonchev–Trinajstić information content (AvgIpc) is 2.75. The monoisotopic (exact) mass is 717 g/mol. The van der Waals surface area contributed by atoms with Crippen molar-refractivity contribution in [1.82, 2.24) is 5.32 Å². The molecule has 2 aromatic carbocycles. The highest BCUT2D eigenvalue weighted by Crippen LogP contribution is 2.22. The third-order valence-electron chi connectivity index (χ3n) is 3.03. The lowest BCUT2D eigenvalue weighted by Gasteiger charge is -1.95. The average molecular weight is 720 g/mol. The molecule has 176 valence electrons. The van der Waals surface area contributed by atoms with Gasteiger partial charge in [0.05, 0.1) is 13.2 Å². The van der Waals surface area contributed by atoms with Gasteiger partial charge in [0.25, 0.3) is 0 Å². The van der Waals surface area contributed by atoms with E-state index in [1.807, 2.05) is 24.3 Å². The number of aliphatic hydroxyl groups excluding tert-OH is 2. The molecule has 0 saturated carbocycles. The zero-order valence-corrected chi connectivity index (χ0v) is 24.9. The molecule has 32 heavy (non-hydrogen) atoms. The van der Waals surface area contributed by atoms with E-state index >= 15 is 0 Å². The van der Waals surface area contributed by atoms with Crippen LogP contribution in [0.1, 0.15) is 32.3 Å². The van der Waals surface area contributed by atoms with Crippen LogP contribution in [-0.2, 0) is 0 Å². The molecule has 0 amide bonds. The predicted molar refractivity (Wildman–Crippen MR) is 154 cm³/mol. The van der Waals surface area contributed by atoms with Gasteiger partial charge in [-0.2, -0.15) is 0 Å². The number of aliphatic hydroxyl groups is 2. The lowest BCUT2D eigenvalue weighted by atomic mass is 10.2. The van der Waals surface area contributed by atoms with E-state index < -0.39 is 0 Å². The van der Waals surface area contributed by atoms with E-state index in [-0.39, 0.29) is 13.2 Å². The molecule has 2 aromatic rings. The fraction of sp³-hybridized carbons (Fsp3) is 0.333. The molecule has 0 fully saturated rings. The van der Waals surface area contributed by atoms with E-state index in [1.54, 1.807) is 12.1 Å². The van der Waals surface area contributed by atoms with Gasteiger partial charge in [0.2, 0.25) is 0 Å². The molecule has 0 atom stereocenters. The summed E-state index contributed by atoms with van der Waals surface area (Å²) in [6, 6.07) is 11.1. The summed E-state index contributed by atoms with van der Waals surface area (Å²) in [4.78, 5) is 0. The van der Waals surface area contributed by atoms with E-state index in [4.69, 9.17) is 39.8 Å². The molecular formula is C24H28Br2Cl2INO2. The summed E-state index contributed by atoms with van der Waals surface area (Å²) in [6.45, 7) is 6.59. The fourth-order valence-electron chi connectivity index (χ4n) is 1.59. The van der Waals surface area contributed by atoms with Gasteiger partial charge >= 0.3 is 0 Å². The first-order valence-corrected chi connectivity index (χ1v) is 13.1. The first-order chi connectivity index (χ1) is 15.3. The van der Waals surface area contributed by atoms with Crippen LogP contribution >= 0.6 is 77.7 Å². The van der Waals surface area contributed by atoms with Gasteiger partial charge in [0.1, 0.15) is 0 Å². The number of halogens is 5. The van der Waals surface area contributed by atoms with E-state index in [2.05, 4.69) is 91.4 Å². The van der Waals surface area contributed by atoms with E-state index in [1.165, 1.54) is 3.57 Å². The number of hydrogen-bond donors (Lipinski definition) is 3. The molecule has 0 spiro atoms. The largest absolute Gasteiger partial charge is 0.395 e. The summed E-state index contributed by atoms with van der Waals surface area (Å²) in [5.74, 6) is 8.03. The van der Waals surface area contributed by atoms with Gasteiger partial charge in [0.15, 0.2) is 0 Å². The molecule has 0 aliphatic heterocycles. The third kappa shape index (κ3) is 20.3. The molecule has 0 bridgehead atoms. The first-order valence-electron chi connectivity index (χ1n) is 9.67. The van der Waals surface area contributed by atoms with Crippen LogP contribution < -0.4 is 5.32 Å². The van der Waals surface area contributed by atoms with Gasteiger partial charge in [-0.05, 0) is 104 Å². The summed E-state index contributed by atoms with van der Waals surface area (Å²) in [5.41, 5.74) is 0.887. The molecule has 0 unspecified atom stereocenters. The molecule has 0 saturated heterocycles. The highest BCUT2D eigenvalue weighted by molar-refractivity contribution is 14.1. The highest BCUT2D eigenvalue weighted by atomic mass is 127. The van der Waals surface area contributed by atoms with Crippen molar-refractivity contribution in [3.05, 3.63) is 64.5 Å². The molecule has 0 radical (unpaired) electrons. The fourth-order valence-corrected chi connectivity index (χ4v) is 3.39. The molecule has 3 nitrogen and oxygen atoms in total. The van der Waals surface area contributed by atoms with Crippen molar-refractivity contribution in [3.63, 3.8) is 0 Å². The van der Waals surface area contributed by atoms with Crippen molar-refractivity contribution in [3.8, 4) is 24.2 Å². The molecule has 3 N–H and O–H groups in total. The molecule has 0 heterocycles. The number of rotatable bonds is 4. The van der Waals surface area contributed by atoms with Crippen molar-refractivity contribution in [1.29, 1.82) is 0 Å². The Kier molecular flexibility index (Phi) is 25.3. The maximum absolute atomic E-state index is 8.52. The van der Waals surface area contributed by atoms with Gasteiger partial charge in [0, 0.05) is 41.0 Å². The standard InChI is InChI=1S/C10H8BrClO.C6H3BrClI.C4H11N.C4H6O/c11-10-7-9(12)5-4-8(10)3-1-2-6-13;7-5-3-4(8)1-2-6(5)9;1-3-5-4-2;1-2-3-4-5/h4-5,7,13H,2,6H2;1-3H;5H,3-4H2,1-2H3;1,5H,3-4H2. The third-order valence-corrected chi connectivity index (χ3v) is 6.49. The van der Waals surface area contributed by atoms with Crippen molar-refractivity contribution in [2.45, 2.75) is 26.7 Å². The maximum atomic E-state index is 8.52. The Bertz CT molecular complexity index is 863. The first kappa shape index (κ1) is 33.9. The van der Waals surface area contributed by atoms with Crippen LogP contribution in [0, 0.1) is 27.8 Å². The SMILES string of the molecule is C#CCCO.CCNCC.Clc1ccc(I)c(Br)c1.OCCC#Cc1ccc(Cl)cc1Br. The Morgan fingerprint density at radius 3 is 1.81 bits per heavy atom. The number of benzene rings is 2. The molecule has 0 aromatic heterocycles. The second-order valence-corrected chi connectivity index (χ2v) is 9.34. The second-order valence-electron chi connectivity index (χ2n) is 5.59. The second kappa shape index (κ2) is 23.9. The van der Waals surface area contributed by atoms with Crippen molar-refractivity contribution in [2.24, 2.45) is 0 Å². The predicted octanol–water partition coefficient (Wildman–Crippen LogP) is 7.16. The van der Waals surface area contributed by atoms with Gasteiger partial charge in [-0.3, -0.25) is 0 Å². The summed E-state index contributed by atoms with van der Waals surface area (Å²) < 4.78 is 3.11. The van der Waals surface area contributed by atoms with Crippen LogP contribution in [-0.4, -0.2) is 36.5 Å². The highest BCUT2D eigenvalue weighted by Gasteiger charge is 1.96. The van der Waals surface area contributed by atoms with E-state index in [0.29, 0.717) is 17.9 Å². The van der Waals surface area contributed by atoms with Gasteiger partial charge in [-0.25, -0.2) is 0 Å². The molecular weight excluding hydrogens is 692 g/mol. The van der Waals surface area contributed by atoms with Crippen LogP contribution in [0.25, 0.3) is 0 Å². The van der Waals surface area contributed by atoms with Crippen LogP contribution in [0.2, 0.25) is 10.0 Å². The Morgan fingerprint density at radius 2 is 1.47 bits per heavy atom. The van der Waals surface area contributed by atoms with Crippen molar-refractivity contribution in [2.75, 3.05) is 26.3 Å².